The highest BCUT2D eigenvalue weighted by atomic mass is 32.1. The highest BCUT2D eigenvalue weighted by molar-refractivity contribution is 7.08. The molecule has 0 aliphatic heterocycles. The minimum Gasteiger partial charge on any atom is -0.496 e. The predicted octanol–water partition coefficient (Wildman–Crippen LogP) is 2.30. The lowest BCUT2D eigenvalue weighted by Crippen LogP contribution is -2.27. The van der Waals surface area contributed by atoms with Gasteiger partial charge in [0.05, 0.1) is 12.7 Å². The number of aromatic nitrogens is 3. The maximum atomic E-state index is 12.0. The maximum Gasteiger partial charge on any atom is 0.252 e. The maximum absolute atomic E-state index is 12.0. The number of para-hydroxylation sites is 1. The van der Waals surface area contributed by atoms with Crippen molar-refractivity contribution in [3.8, 4) is 17.1 Å². The van der Waals surface area contributed by atoms with Crippen LogP contribution in [0, 0.1) is 0 Å². The third-order valence-corrected chi connectivity index (χ3v) is 4.20. The van der Waals surface area contributed by atoms with Gasteiger partial charge in [-0.25, -0.2) is 0 Å². The van der Waals surface area contributed by atoms with Gasteiger partial charge in [-0.15, -0.1) is 5.10 Å². The fourth-order valence-corrected chi connectivity index (χ4v) is 2.89. The first-order chi connectivity index (χ1) is 12.7. The number of hydrogen-bond donors (Lipinski definition) is 3. The molecule has 0 unspecified atom stereocenters. The Kier molecular flexibility index (Phi) is 5.59. The number of H-pyrrole nitrogens is 1. The molecule has 2 aromatic heterocycles. The van der Waals surface area contributed by atoms with E-state index in [-0.39, 0.29) is 30.7 Å². The molecule has 3 aromatic rings. The Balaban J connectivity index is 1.52. The lowest BCUT2D eigenvalue weighted by Gasteiger charge is -2.04. The third kappa shape index (κ3) is 4.25. The van der Waals surface area contributed by atoms with E-state index >= 15 is 0 Å². The molecule has 3 N–H and O–H groups in total. The summed E-state index contributed by atoms with van der Waals surface area (Å²) in [4.78, 5) is 28.0. The number of anilines is 1. The average molecular weight is 371 g/mol. The van der Waals surface area contributed by atoms with Crippen LogP contribution in [0.25, 0.3) is 11.4 Å². The zero-order chi connectivity index (χ0) is 18.4. The van der Waals surface area contributed by atoms with Crippen molar-refractivity contribution in [1.82, 2.24) is 20.5 Å². The van der Waals surface area contributed by atoms with Gasteiger partial charge in [0, 0.05) is 23.9 Å². The molecule has 0 bridgehead atoms. The number of hydrogen-bond acceptors (Lipinski definition) is 6. The predicted molar refractivity (Wildman–Crippen MR) is 98.3 cm³/mol. The van der Waals surface area contributed by atoms with Gasteiger partial charge in [-0.05, 0) is 23.6 Å². The average Bonchev–Trinajstić information content (AvgIpc) is 3.33. The molecule has 0 radical (unpaired) electrons. The number of benzene rings is 1. The van der Waals surface area contributed by atoms with Crippen LogP contribution in [0.3, 0.4) is 0 Å². The Morgan fingerprint density at radius 3 is 2.88 bits per heavy atom. The van der Waals surface area contributed by atoms with Gasteiger partial charge in [-0.3, -0.25) is 20.0 Å². The molecular weight excluding hydrogens is 354 g/mol. The Morgan fingerprint density at radius 1 is 1.27 bits per heavy atom. The first-order valence-electron chi connectivity index (χ1n) is 7.83. The molecule has 0 spiro atoms. The van der Waals surface area contributed by atoms with Crippen LogP contribution in [0.4, 0.5) is 5.95 Å². The standard InChI is InChI=1S/C17H17N5O3S/c1-25-13-5-3-2-4-12(13)15-20-17(22-21-15)19-14(23)6-8-18-16(24)11-7-9-26-10-11/h2-5,7,9-10H,6,8H2,1H3,(H,18,24)(H2,19,20,21,22,23). The second kappa shape index (κ2) is 8.26. The van der Waals surface area contributed by atoms with Crippen molar-refractivity contribution in [1.29, 1.82) is 0 Å². The number of carbonyl (C=O) groups excluding carboxylic acids is 2. The zero-order valence-corrected chi connectivity index (χ0v) is 14.8. The highest BCUT2D eigenvalue weighted by Crippen LogP contribution is 2.26. The summed E-state index contributed by atoms with van der Waals surface area (Å²) in [5.74, 6) is 0.817. The minimum absolute atomic E-state index is 0.119. The summed E-state index contributed by atoms with van der Waals surface area (Å²) in [6, 6.07) is 9.09. The van der Waals surface area contributed by atoms with Gasteiger partial charge in [0.1, 0.15) is 5.75 Å². The molecular formula is C17H17N5O3S. The zero-order valence-electron chi connectivity index (χ0n) is 14.0. The normalized spacial score (nSPS) is 10.3. The molecule has 3 rings (SSSR count). The van der Waals surface area contributed by atoms with Crippen molar-refractivity contribution in [2.45, 2.75) is 6.42 Å². The molecule has 0 aliphatic rings. The van der Waals surface area contributed by atoms with E-state index < -0.39 is 0 Å². The summed E-state index contributed by atoms with van der Waals surface area (Å²) in [6.07, 6.45) is 0.119. The molecule has 26 heavy (non-hydrogen) atoms. The SMILES string of the molecule is COc1ccccc1-c1nc(NC(=O)CCNC(=O)c2ccsc2)n[nH]1. The van der Waals surface area contributed by atoms with Crippen LogP contribution < -0.4 is 15.4 Å². The third-order valence-electron chi connectivity index (χ3n) is 3.52. The van der Waals surface area contributed by atoms with Gasteiger partial charge in [0.15, 0.2) is 5.82 Å². The Bertz CT molecular complexity index is 891. The quantitative estimate of drug-likeness (QED) is 0.590. The van der Waals surface area contributed by atoms with Crippen LogP contribution in [0.1, 0.15) is 16.8 Å². The van der Waals surface area contributed by atoms with E-state index in [0.29, 0.717) is 17.1 Å². The first kappa shape index (κ1) is 17.6. The topological polar surface area (TPSA) is 109 Å². The number of aromatic amines is 1. The van der Waals surface area contributed by atoms with Gasteiger partial charge in [-0.2, -0.15) is 16.3 Å². The van der Waals surface area contributed by atoms with Gasteiger partial charge in [-0.1, -0.05) is 12.1 Å². The molecule has 0 aliphatic carbocycles. The molecule has 0 saturated heterocycles. The lowest BCUT2D eigenvalue weighted by molar-refractivity contribution is -0.116. The fraction of sp³-hybridized carbons (Fsp3) is 0.176. The van der Waals surface area contributed by atoms with E-state index in [0.717, 1.165) is 5.56 Å². The first-order valence-corrected chi connectivity index (χ1v) is 8.77. The summed E-state index contributed by atoms with van der Waals surface area (Å²) in [7, 11) is 1.57. The molecule has 2 heterocycles. The number of amides is 2. The van der Waals surface area contributed by atoms with Crippen LogP contribution in [-0.2, 0) is 4.79 Å². The number of nitrogens with one attached hydrogen (secondary N) is 3. The molecule has 0 atom stereocenters. The molecule has 0 saturated carbocycles. The highest BCUT2D eigenvalue weighted by Gasteiger charge is 2.12. The summed E-state index contributed by atoms with van der Waals surface area (Å²) in [6.45, 7) is 0.226. The summed E-state index contributed by atoms with van der Waals surface area (Å²) in [5.41, 5.74) is 1.33. The number of methoxy groups -OCH3 is 1. The van der Waals surface area contributed by atoms with Crippen molar-refractivity contribution in [3.05, 3.63) is 46.7 Å². The van der Waals surface area contributed by atoms with Gasteiger partial charge < -0.3 is 10.1 Å². The monoisotopic (exact) mass is 371 g/mol. The Labute approximate surface area is 153 Å². The molecule has 2 amide bonds. The van der Waals surface area contributed by atoms with Crippen molar-refractivity contribution in [2.75, 3.05) is 19.0 Å². The van der Waals surface area contributed by atoms with E-state index in [1.54, 1.807) is 18.6 Å². The van der Waals surface area contributed by atoms with Crippen LogP contribution in [0.15, 0.2) is 41.1 Å². The van der Waals surface area contributed by atoms with E-state index in [9.17, 15) is 9.59 Å². The van der Waals surface area contributed by atoms with Crippen molar-refractivity contribution < 1.29 is 14.3 Å². The van der Waals surface area contributed by atoms with E-state index in [1.165, 1.54) is 11.3 Å². The van der Waals surface area contributed by atoms with E-state index in [2.05, 4.69) is 25.8 Å². The van der Waals surface area contributed by atoms with Crippen LogP contribution in [0.5, 0.6) is 5.75 Å². The van der Waals surface area contributed by atoms with Gasteiger partial charge in [0.25, 0.3) is 5.91 Å². The van der Waals surface area contributed by atoms with Crippen molar-refractivity contribution in [3.63, 3.8) is 0 Å². The molecule has 9 heteroatoms. The van der Waals surface area contributed by atoms with Crippen LogP contribution in [0.2, 0.25) is 0 Å². The molecule has 134 valence electrons. The van der Waals surface area contributed by atoms with Crippen molar-refractivity contribution >= 4 is 29.1 Å². The second-order valence-electron chi connectivity index (χ2n) is 5.27. The summed E-state index contributed by atoms with van der Waals surface area (Å²) in [5, 5.41) is 15.6. The lowest BCUT2D eigenvalue weighted by atomic mass is 10.2. The number of carbonyl (C=O) groups is 2. The number of nitrogens with zero attached hydrogens (tertiary/aromatic N) is 2. The molecule has 1 aromatic carbocycles. The van der Waals surface area contributed by atoms with Crippen LogP contribution >= 0.6 is 11.3 Å². The minimum atomic E-state index is -0.291. The van der Waals surface area contributed by atoms with Crippen LogP contribution in [-0.4, -0.2) is 40.7 Å². The summed E-state index contributed by atoms with van der Waals surface area (Å²) >= 11 is 1.44. The fourth-order valence-electron chi connectivity index (χ4n) is 2.25. The number of thiophene rings is 1. The van der Waals surface area contributed by atoms with E-state index in [4.69, 9.17) is 4.74 Å². The van der Waals surface area contributed by atoms with Gasteiger partial charge >= 0.3 is 0 Å². The Morgan fingerprint density at radius 2 is 2.12 bits per heavy atom. The van der Waals surface area contributed by atoms with E-state index in [1.807, 2.05) is 29.6 Å². The van der Waals surface area contributed by atoms with Gasteiger partial charge in [0.2, 0.25) is 11.9 Å². The number of rotatable bonds is 7. The summed E-state index contributed by atoms with van der Waals surface area (Å²) < 4.78 is 5.28. The molecule has 0 fully saturated rings. The Hall–Kier alpha value is -3.20. The smallest absolute Gasteiger partial charge is 0.252 e. The second-order valence-corrected chi connectivity index (χ2v) is 6.05. The molecule has 8 nitrogen and oxygen atoms in total. The largest absolute Gasteiger partial charge is 0.496 e. The number of ether oxygens (including phenoxy) is 1. The van der Waals surface area contributed by atoms with Crippen molar-refractivity contribution in [2.24, 2.45) is 0 Å².